The quantitative estimate of drug-likeness (QED) is 0.876. The maximum atomic E-state index is 13.7. The number of rotatable bonds is 4. The number of pyridine rings is 1. The van der Waals surface area contributed by atoms with Crippen LogP contribution in [0, 0.1) is 5.82 Å². The Morgan fingerprint density at radius 2 is 2.10 bits per heavy atom. The highest BCUT2D eigenvalue weighted by molar-refractivity contribution is 9.10. The molecule has 8 heteroatoms. The van der Waals surface area contributed by atoms with Gasteiger partial charge in [0.05, 0.1) is 4.47 Å². The van der Waals surface area contributed by atoms with Crippen LogP contribution >= 0.6 is 15.9 Å². The van der Waals surface area contributed by atoms with E-state index in [0.29, 0.717) is 10.0 Å². The number of hydrogen-bond donors (Lipinski definition) is 2. The van der Waals surface area contributed by atoms with Gasteiger partial charge >= 0.3 is 0 Å². The number of hydrogen-bond acceptors (Lipinski definition) is 4. The lowest BCUT2D eigenvalue weighted by Crippen LogP contribution is -2.16. The number of nitrogens with two attached hydrogens (primary N) is 1. The number of anilines is 1. The van der Waals surface area contributed by atoms with Gasteiger partial charge < -0.3 is 5.73 Å². The summed E-state index contributed by atoms with van der Waals surface area (Å²) in [6.45, 7) is 0.121. The van der Waals surface area contributed by atoms with E-state index in [1.54, 1.807) is 12.1 Å². The highest BCUT2D eigenvalue weighted by Gasteiger charge is 2.21. The Bertz CT molecular complexity index is 737. The van der Waals surface area contributed by atoms with E-state index in [0.717, 1.165) is 6.07 Å². The summed E-state index contributed by atoms with van der Waals surface area (Å²) >= 11 is 3.16. The Labute approximate surface area is 124 Å². The van der Waals surface area contributed by atoms with E-state index >= 15 is 0 Å². The van der Waals surface area contributed by atoms with Crippen LogP contribution in [0.1, 0.15) is 5.56 Å². The van der Waals surface area contributed by atoms with E-state index in [4.69, 9.17) is 5.73 Å². The Morgan fingerprint density at radius 3 is 2.75 bits per heavy atom. The van der Waals surface area contributed by atoms with Gasteiger partial charge in [-0.05, 0) is 45.8 Å². The van der Waals surface area contributed by atoms with Crippen molar-refractivity contribution in [3.8, 4) is 0 Å². The van der Waals surface area contributed by atoms with Crippen molar-refractivity contribution in [2.45, 2.75) is 11.4 Å². The van der Waals surface area contributed by atoms with Gasteiger partial charge in [0.1, 0.15) is 10.7 Å². The summed E-state index contributed by atoms with van der Waals surface area (Å²) in [5, 5.41) is 0. The van der Waals surface area contributed by atoms with E-state index in [9.17, 15) is 12.8 Å². The third-order valence-electron chi connectivity index (χ3n) is 2.51. The minimum Gasteiger partial charge on any atom is -0.326 e. The van der Waals surface area contributed by atoms with Crippen molar-refractivity contribution in [1.82, 2.24) is 4.98 Å². The van der Waals surface area contributed by atoms with Crippen LogP contribution in [0.15, 0.2) is 45.9 Å². The molecule has 0 radical (unpaired) electrons. The summed E-state index contributed by atoms with van der Waals surface area (Å²) in [7, 11) is -4.07. The molecule has 0 aliphatic rings. The molecule has 1 aromatic heterocycles. The number of aromatic nitrogens is 1. The third kappa shape index (κ3) is 3.14. The van der Waals surface area contributed by atoms with Crippen molar-refractivity contribution in [3.05, 3.63) is 52.4 Å². The Kier molecular flexibility index (Phi) is 4.36. The fraction of sp³-hybridized carbons (Fsp3) is 0.0833. The molecule has 0 spiro atoms. The van der Waals surface area contributed by atoms with Crippen LogP contribution in [0.3, 0.4) is 0 Å². The Hall–Kier alpha value is -1.51. The van der Waals surface area contributed by atoms with Gasteiger partial charge in [0, 0.05) is 12.7 Å². The molecule has 0 bridgehead atoms. The molecular weight excluding hydrogens is 349 g/mol. The van der Waals surface area contributed by atoms with Gasteiger partial charge in [0.15, 0.2) is 5.82 Å². The van der Waals surface area contributed by atoms with Gasteiger partial charge in [-0.1, -0.05) is 6.07 Å². The average Bonchev–Trinajstić information content (AvgIpc) is 2.41. The van der Waals surface area contributed by atoms with E-state index in [1.807, 2.05) is 0 Å². The second-order valence-electron chi connectivity index (χ2n) is 3.91. The van der Waals surface area contributed by atoms with E-state index < -0.39 is 20.7 Å². The first-order valence-electron chi connectivity index (χ1n) is 5.56. The minimum absolute atomic E-state index is 0.0880. The van der Waals surface area contributed by atoms with Crippen LogP contribution in [-0.2, 0) is 16.6 Å². The van der Waals surface area contributed by atoms with Crippen molar-refractivity contribution < 1.29 is 12.8 Å². The van der Waals surface area contributed by atoms with Gasteiger partial charge in [0.25, 0.3) is 10.0 Å². The topological polar surface area (TPSA) is 85.1 Å². The monoisotopic (exact) mass is 359 g/mol. The number of nitrogens with zero attached hydrogens (tertiary/aromatic N) is 1. The van der Waals surface area contributed by atoms with Gasteiger partial charge in [-0.25, -0.2) is 17.8 Å². The lowest BCUT2D eigenvalue weighted by Gasteiger charge is -2.10. The van der Waals surface area contributed by atoms with Crippen LogP contribution in [-0.4, -0.2) is 13.4 Å². The number of sulfonamides is 1. The highest BCUT2D eigenvalue weighted by Crippen LogP contribution is 2.23. The van der Waals surface area contributed by atoms with Gasteiger partial charge in [-0.3, -0.25) is 4.72 Å². The van der Waals surface area contributed by atoms with E-state index in [-0.39, 0.29) is 12.4 Å². The molecule has 5 nitrogen and oxygen atoms in total. The lowest BCUT2D eigenvalue weighted by atomic mass is 10.2. The fourth-order valence-corrected chi connectivity index (χ4v) is 3.17. The molecule has 0 saturated heterocycles. The zero-order valence-electron chi connectivity index (χ0n) is 10.2. The minimum atomic E-state index is -4.07. The first kappa shape index (κ1) is 14.9. The molecule has 106 valence electrons. The molecular formula is C12H11BrFN3O2S. The number of benzene rings is 1. The summed E-state index contributed by atoms with van der Waals surface area (Å²) < 4.78 is 40.8. The first-order chi connectivity index (χ1) is 9.44. The highest BCUT2D eigenvalue weighted by atomic mass is 79.9. The van der Waals surface area contributed by atoms with Gasteiger partial charge in [-0.2, -0.15) is 0 Å². The molecule has 1 aromatic carbocycles. The zero-order valence-corrected chi connectivity index (χ0v) is 12.6. The van der Waals surface area contributed by atoms with Crippen molar-refractivity contribution in [2.24, 2.45) is 5.73 Å². The maximum Gasteiger partial charge on any atom is 0.266 e. The van der Waals surface area contributed by atoms with E-state index in [1.165, 1.54) is 18.3 Å². The molecule has 2 aromatic rings. The Morgan fingerprint density at radius 1 is 1.35 bits per heavy atom. The molecule has 2 rings (SSSR count). The van der Waals surface area contributed by atoms with Crippen LogP contribution in [0.5, 0.6) is 0 Å². The molecule has 0 saturated carbocycles. The van der Waals surface area contributed by atoms with Gasteiger partial charge in [0.2, 0.25) is 0 Å². The number of halogens is 2. The largest absolute Gasteiger partial charge is 0.326 e. The molecule has 3 N–H and O–H groups in total. The summed E-state index contributed by atoms with van der Waals surface area (Å²) in [5.74, 6) is -0.758. The predicted molar refractivity (Wildman–Crippen MR) is 77.0 cm³/mol. The normalized spacial score (nSPS) is 11.3. The zero-order chi connectivity index (χ0) is 14.8. The molecule has 0 unspecified atom stereocenters. The first-order valence-corrected chi connectivity index (χ1v) is 7.83. The summed E-state index contributed by atoms with van der Waals surface area (Å²) in [6, 6.07) is 6.97. The van der Waals surface area contributed by atoms with Crippen molar-refractivity contribution in [2.75, 3.05) is 4.72 Å². The molecule has 0 atom stereocenters. The summed E-state index contributed by atoms with van der Waals surface area (Å²) in [6.07, 6.45) is 1.43. The van der Waals surface area contributed by atoms with Crippen LogP contribution in [0.4, 0.5) is 10.2 Å². The summed E-state index contributed by atoms with van der Waals surface area (Å²) in [5.41, 5.74) is 5.95. The number of nitrogens with one attached hydrogen (secondary N) is 1. The maximum absolute atomic E-state index is 13.7. The van der Waals surface area contributed by atoms with E-state index in [2.05, 4.69) is 25.6 Å². The average molecular weight is 360 g/mol. The molecule has 0 aliphatic carbocycles. The SMILES string of the molecule is NCc1ccc(F)c(S(=O)(=O)Nc2ncccc2Br)c1. The fourth-order valence-electron chi connectivity index (χ4n) is 1.52. The molecule has 0 amide bonds. The predicted octanol–water partition coefficient (Wildman–Crippen LogP) is 2.24. The van der Waals surface area contributed by atoms with Crippen LogP contribution < -0.4 is 10.5 Å². The van der Waals surface area contributed by atoms with Crippen molar-refractivity contribution in [3.63, 3.8) is 0 Å². The lowest BCUT2D eigenvalue weighted by molar-refractivity contribution is 0.569. The molecule has 20 heavy (non-hydrogen) atoms. The molecule has 1 heterocycles. The molecule has 0 aliphatic heterocycles. The standard InChI is InChI=1S/C12H11BrFN3O2S/c13-9-2-1-5-16-12(9)17-20(18,19)11-6-8(7-15)3-4-10(11)14/h1-6H,7,15H2,(H,16,17). The molecule has 0 fully saturated rings. The second-order valence-corrected chi connectivity index (χ2v) is 6.41. The third-order valence-corrected chi connectivity index (χ3v) is 4.50. The van der Waals surface area contributed by atoms with Crippen LogP contribution in [0.25, 0.3) is 0 Å². The van der Waals surface area contributed by atoms with Crippen molar-refractivity contribution in [1.29, 1.82) is 0 Å². The smallest absolute Gasteiger partial charge is 0.266 e. The van der Waals surface area contributed by atoms with Crippen molar-refractivity contribution >= 4 is 31.8 Å². The Balaban J connectivity index is 2.43. The summed E-state index contributed by atoms with van der Waals surface area (Å²) in [4.78, 5) is 3.42. The second kappa shape index (κ2) is 5.86. The van der Waals surface area contributed by atoms with Crippen LogP contribution in [0.2, 0.25) is 0 Å². The van der Waals surface area contributed by atoms with Gasteiger partial charge in [-0.15, -0.1) is 0 Å².